The Kier molecular flexibility index (Phi) is 4.60. The summed E-state index contributed by atoms with van der Waals surface area (Å²) in [7, 11) is 0. The molecule has 1 rings (SSSR count). The van der Waals surface area contributed by atoms with Gasteiger partial charge in [-0.1, -0.05) is 6.92 Å². The van der Waals surface area contributed by atoms with Crippen molar-refractivity contribution in [2.24, 2.45) is 11.7 Å². The zero-order valence-corrected chi connectivity index (χ0v) is 10.9. The largest absolute Gasteiger partial charge is 0.326 e. The predicted molar refractivity (Wildman–Crippen MR) is 66.9 cm³/mol. The van der Waals surface area contributed by atoms with Gasteiger partial charge in [-0.3, -0.25) is 0 Å². The topological polar surface area (TPSA) is 29.3 Å². The molecule has 0 saturated carbocycles. The van der Waals surface area contributed by atoms with E-state index in [0.29, 0.717) is 0 Å². The van der Waals surface area contributed by atoms with E-state index in [1.54, 1.807) is 0 Å². The van der Waals surface area contributed by atoms with Gasteiger partial charge in [-0.15, -0.1) is 0 Å². The first kappa shape index (κ1) is 13.0. The Morgan fingerprint density at radius 3 is 2.53 bits per heavy atom. The molecule has 0 spiro atoms. The third-order valence-electron chi connectivity index (χ3n) is 3.54. The molecule has 0 bridgehead atoms. The molecule has 0 aromatic rings. The number of rotatable bonds is 4. The van der Waals surface area contributed by atoms with Gasteiger partial charge in [0.05, 0.1) is 0 Å². The Bertz CT molecular complexity index is 183. The summed E-state index contributed by atoms with van der Waals surface area (Å²) in [4.78, 5) is 2.63. The quantitative estimate of drug-likeness (QED) is 0.776. The fourth-order valence-corrected chi connectivity index (χ4v) is 2.53. The lowest BCUT2D eigenvalue weighted by Gasteiger charge is -2.37. The normalized spacial score (nSPS) is 29.4. The van der Waals surface area contributed by atoms with Gasteiger partial charge in [0.1, 0.15) is 0 Å². The lowest BCUT2D eigenvalue weighted by atomic mass is 9.92. The molecule has 0 amide bonds. The summed E-state index contributed by atoms with van der Waals surface area (Å²) in [6.45, 7) is 11.5. The number of hydrogen-bond donors (Lipinski definition) is 1. The average molecular weight is 212 g/mol. The molecule has 2 unspecified atom stereocenters. The SMILES string of the molecule is CC1CCN(CCCC(C)(C)N)C(C)C1. The van der Waals surface area contributed by atoms with E-state index in [0.717, 1.165) is 18.4 Å². The van der Waals surface area contributed by atoms with Crippen molar-refractivity contribution in [3.05, 3.63) is 0 Å². The minimum Gasteiger partial charge on any atom is -0.326 e. The highest BCUT2D eigenvalue weighted by atomic mass is 15.2. The number of hydrogen-bond acceptors (Lipinski definition) is 2. The molecule has 0 aromatic heterocycles. The maximum atomic E-state index is 5.99. The molecule has 1 saturated heterocycles. The van der Waals surface area contributed by atoms with Gasteiger partial charge < -0.3 is 10.6 Å². The monoisotopic (exact) mass is 212 g/mol. The molecule has 1 aliphatic rings. The first-order chi connectivity index (χ1) is 6.88. The molecule has 0 aromatic carbocycles. The molecule has 2 nitrogen and oxygen atoms in total. The highest BCUT2D eigenvalue weighted by Gasteiger charge is 2.22. The second-order valence-corrected chi connectivity index (χ2v) is 6.11. The van der Waals surface area contributed by atoms with Crippen LogP contribution in [-0.4, -0.2) is 29.6 Å². The molecule has 1 heterocycles. The Labute approximate surface area is 95.2 Å². The second-order valence-electron chi connectivity index (χ2n) is 6.11. The predicted octanol–water partition coefficient (Wildman–Crippen LogP) is 2.62. The van der Waals surface area contributed by atoms with Gasteiger partial charge >= 0.3 is 0 Å². The minimum absolute atomic E-state index is 0.00627. The summed E-state index contributed by atoms with van der Waals surface area (Å²) in [6.07, 6.45) is 5.11. The first-order valence-corrected chi connectivity index (χ1v) is 6.41. The summed E-state index contributed by atoms with van der Waals surface area (Å²) in [5.41, 5.74) is 6.00. The van der Waals surface area contributed by atoms with Gasteiger partial charge in [-0.2, -0.15) is 0 Å². The zero-order valence-electron chi connectivity index (χ0n) is 10.9. The number of nitrogens with zero attached hydrogens (tertiary/aromatic N) is 1. The van der Waals surface area contributed by atoms with Gasteiger partial charge in [-0.25, -0.2) is 0 Å². The van der Waals surface area contributed by atoms with Crippen molar-refractivity contribution >= 4 is 0 Å². The van der Waals surface area contributed by atoms with Crippen molar-refractivity contribution in [1.82, 2.24) is 4.90 Å². The fourth-order valence-electron chi connectivity index (χ4n) is 2.53. The molecular formula is C13H28N2. The molecule has 2 heteroatoms. The van der Waals surface area contributed by atoms with Crippen LogP contribution in [0.5, 0.6) is 0 Å². The minimum atomic E-state index is 0.00627. The Morgan fingerprint density at radius 2 is 2.00 bits per heavy atom. The van der Waals surface area contributed by atoms with Crippen LogP contribution in [0.25, 0.3) is 0 Å². The van der Waals surface area contributed by atoms with Crippen LogP contribution in [0.3, 0.4) is 0 Å². The van der Waals surface area contributed by atoms with Crippen LogP contribution in [0.2, 0.25) is 0 Å². The van der Waals surface area contributed by atoms with Crippen molar-refractivity contribution in [2.75, 3.05) is 13.1 Å². The second kappa shape index (κ2) is 5.31. The van der Waals surface area contributed by atoms with E-state index in [9.17, 15) is 0 Å². The van der Waals surface area contributed by atoms with Crippen LogP contribution in [0.4, 0.5) is 0 Å². The highest BCUT2D eigenvalue weighted by molar-refractivity contribution is 4.78. The van der Waals surface area contributed by atoms with Crippen molar-refractivity contribution in [3.63, 3.8) is 0 Å². The third kappa shape index (κ3) is 4.98. The summed E-state index contributed by atoms with van der Waals surface area (Å²) in [6, 6.07) is 0.773. The zero-order chi connectivity index (χ0) is 11.5. The Balaban J connectivity index is 2.21. The molecule has 15 heavy (non-hydrogen) atoms. The van der Waals surface area contributed by atoms with Gasteiger partial charge in [-0.05, 0) is 65.5 Å². The molecular weight excluding hydrogens is 184 g/mol. The maximum absolute atomic E-state index is 5.99. The van der Waals surface area contributed by atoms with Crippen molar-refractivity contribution < 1.29 is 0 Å². The van der Waals surface area contributed by atoms with Crippen molar-refractivity contribution in [3.8, 4) is 0 Å². The molecule has 90 valence electrons. The smallest absolute Gasteiger partial charge is 0.00975 e. The van der Waals surface area contributed by atoms with Crippen LogP contribution >= 0.6 is 0 Å². The van der Waals surface area contributed by atoms with Crippen LogP contribution < -0.4 is 5.73 Å². The summed E-state index contributed by atoms with van der Waals surface area (Å²) in [5, 5.41) is 0. The van der Waals surface area contributed by atoms with Crippen LogP contribution in [0.1, 0.15) is 53.4 Å². The third-order valence-corrected chi connectivity index (χ3v) is 3.54. The number of likely N-dealkylation sites (tertiary alicyclic amines) is 1. The van der Waals surface area contributed by atoms with Crippen molar-refractivity contribution in [2.45, 2.75) is 65.0 Å². The van der Waals surface area contributed by atoms with E-state index >= 15 is 0 Å². The molecule has 1 aliphatic heterocycles. The lowest BCUT2D eigenvalue weighted by Crippen LogP contribution is -2.41. The van der Waals surface area contributed by atoms with Gasteiger partial charge in [0, 0.05) is 11.6 Å². The van der Waals surface area contributed by atoms with Crippen LogP contribution in [-0.2, 0) is 0 Å². The lowest BCUT2D eigenvalue weighted by molar-refractivity contribution is 0.125. The summed E-state index contributed by atoms with van der Waals surface area (Å²) >= 11 is 0. The number of nitrogens with two attached hydrogens (primary N) is 1. The molecule has 2 atom stereocenters. The van der Waals surface area contributed by atoms with Gasteiger partial charge in [0.25, 0.3) is 0 Å². The molecule has 0 aliphatic carbocycles. The van der Waals surface area contributed by atoms with Gasteiger partial charge in [0.15, 0.2) is 0 Å². The van der Waals surface area contributed by atoms with E-state index in [4.69, 9.17) is 5.73 Å². The van der Waals surface area contributed by atoms with E-state index in [-0.39, 0.29) is 5.54 Å². The first-order valence-electron chi connectivity index (χ1n) is 6.41. The fraction of sp³-hybridized carbons (Fsp3) is 1.00. The van der Waals surface area contributed by atoms with E-state index in [1.807, 2.05) is 0 Å². The Morgan fingerprint density at radius 1 is 1.33 bits per heavy atom. The average Bonchev–Trinajstić information content (AvgIpc) is 2.07. The highest BCUT2D eigenvalue weighted by Crippen LogP contribution is 2.22. The summed E-state index contributed by atoms with van der Waals surface area (Å²) in [5.74, 6) is 0.919. The van der Waals surface area contributed by atoms with Crippen LogP contribution in [0, 0.1) is 5.92 Å². The van der Waals surface area contributed by atoms with E-state index in [1.165, 1.54) is 32.4 Å². The molecule has 0 radical (unpaired) electrons. The number of piperidine rings is 1. The summed E-state index contributed by atoms with van der Waals surface area (Å²) < 4.78 is 0. The van der Waals surface area contributed by atoms with Crippen molar-refractivity contribution in [1.29, 1.82) is 0 Å². The van der Waals surface area contributed by atoms with Crippen LogP contribution in [0.15, 0.2) is 0 Å². The standard InChI is InChI=1S/C13H28N2/c1-11-6-9-15(12(2)10-11)8-5-7-13(3,4)14/h11-12H,5-10,14H2,1-4H3. The maximum Gasteiger partial charge on any atom is 0.00975 e. The molecule has 1 fully saturated rings. The van der Waals surface area contributed by atoms with Gasteiger partial charge in [0.2, 0.25) is 0 Å². The molecule has 2 N–H and O–H groups in total. The van der Waals surface area contributed by atoms with E-state index in [2.05, 4.69) is 32.6 Å². The Hall–Kier alpha value is -0.0800. The van der Waals surface area contributed by atoms with E-state index < -0.39 is 0 Å².